The molecular weight excluding hydrogens is 959 g/mol. The molecule has 280 valence electrons. The first kappa shape index (κ1) is 52.7. The van der Waals surface area contributed by atoms with E-state index in [1.807, 2.05) is 6.07 Å². The molecule has 4 aromatic carbocycles. The normalized spacial score (nSPS) is 9.47. The van der Waals surface area contributed by atoms with E-state index in [0.29, 0.717) is 5.56 Å². The summed E-state index contributed by atoms with van der Waals surface area (Å²) in [7, 11) is 2.51. The molecule has 0 bridgehead atoms. The molecule has 55 heavy (non-hydrogen) atoms. The van der Waals surface area contributed by atoms with E-state index in [-0.39, 0.29) is 142 Å². The van der Waals surface area contributed by atoms with Crippen molar-refractivity contribution in [2.75, 3.05) is 20.0 Å². The zero-order valence-electron chi connectivity index (χ0n) is 27.6. The maximum atomic E-state index is 11.6. The first-order chi connectivity index (χ1) is 24.9. The van der Waals surface area contributed by atoms with Crippen molar-refractivity contribution in [1.29, 1.82) is 10.5 Å². The van der Waals surface area contributed by atoms with Crippen LogP contribution in [0.2, 0.25) is 55.2 Å². The summed E-state index contributed by atoms with van der Waals surface area (Å²) in [6.45, 7) is 13.9. The SMILES string of the molecule is COC(=O)c1cc(Cl)c(N)c(Cl)c1.[C-]#[N+]c1c(Cl)c(Cl)c(Cc2c(Cl)cc(C(=O)OC)cc2Cl)c(C#N)c1Cl.[C-]#[N+]c1c(Cl)c(Cl)c(Cl)c(C#N)c1Cl.[Na+].[OH-]. The van der Waals surface area contributed by atoms with Crippen molar-refractivity contribution in [3.05, 3.63) is 136 Å². The number of carbonyl (C=O) groups is 2. The van der Waals surface area contributed by atoms with Gasteiger partial charge in [-0.1, -0.05) is 128 Å². The molecule has 0 aliphatic rings. The van der Waals surface area contributed by atoms with Gasteiger partial charge in [0.15, 0.2) is 0 Å². The van der Waals surface area contributed by atoms with Crippen LogP contribution < -0.4 is 35.3 Å². The molecule has 0 heterocycles. The minimum atomic E-state index is -0.594. The van der Waals surface area contributed by atoms with Crippen LogP contribution in [0.4, 0.5) is 17.1 Å². The Balaban J connectivity index is 0.000000854. The van der Waals surface area contributed by atoms with E-state index in [9.17, 15) is 14.9 Å². The number of hydrogen-bond donors (Lipinski definition) is 1. The van der Waals surface area contributed by atoms with Gasteiger partial charge in [0.1, 0.15) is 6.07 Å². The van der Waals surface area contributed by atoms with Gasteiger partial charge < -0.3 is 20.7 Å². The van der Waals surface area contributed by atoms with Crippen LogP contribution >= 0.6 is 128 Å². The predicted octanol–water partition coefficient (Wildman–Crippen LogP) is 10.7. The van der Waals surface area contributed by atoms with Gasteiger partial charge in [0, 0.05) is 16.5 Å². The van der Waals surface area contributed by atoms with Crippen LogP contribution in [-0.2, 0) is 15.9 Å². The predicted molar refractivity (Wildman–Crippen MR) is 215 cm³/mol. The van der Waals surface area contributed by atoms with Gasteiger partial charge in [-0.15, -0.1) is 0 Å². The zero-order chi connectivity index (χ0) is 40.5. The molecule has 0 saturated carbocycles. The van der Waals surface area contributed by atoms with Gasteiger partial charge in [0.05, 0.1) is 107 Å². The van der Waals surface area contributed by atoms with E-state index < -0.39 is 11.9 Å². The zero-order valence-corrected chi connectivity index (χ0v) is 37.9. The Bertz CT molecular complexity index is 2250. The molecule has 22 heteroatoms. The molecule has 0 spiro atoms. The summed E-state index contributed by atoms with van der Waals surface area (Å²) in [6, 6.07) is 9.29. The molecule has 0 fully saturated rings. The second kappa shape index (κ2) is 23.8. The van der Waals surface area contributed by atoms with Crippen molar-refractivity contribution in [3.8, 4) is 12.1 Å². The number of anilines is 1. The standard InChI is InChI=1S/C17H7Cl5N2O2.C8Cl4N2.C8H7Cl2NO2.Na.H2O/c1-24-16-14(21)10(6-23)8(13(20)15(16)22)5-9-11(18)3-7(4-12(9)19)17(25)26-2;1-14-8-5(10)3(2-13)4(9)6(11)7(8)12;1-13-8(12)4-2-5(9)7(11)6(10)3-4;;/h3-4H,5H2,2H3;;2-3H,11H2,1H3;;1H2/q;;;+1;/p-1. The molecule has 0 atom stereocenters. The van der Waals surface area contributed by atoms with Crippen LogP contribution in [0.15, 0.2) is 24.3 Å². The Morgan fingerprint density at radius 2 is 0.982 bits per heavy atom. The van der Waals surface area contributed by atoms with Gasteiger partial charge in [-0.25, -0.2) is 19.3 Å². The van der Waals surface area contributed by atoms with Crippen LogP contribution in [0.3, 0.4) is 0 Å². The number of esters is 2. The van der Waals surface area contributed by atoms with E-state index in [0.717, 1.165) is 0 Å². The molecule has 0 radical (unpaired) electrons. The number of methoxy groups -OCH3 is 2. The second-order valence-electron chi connectivity index (χ2n) is 9.50. The van der Waals surface area contributed by atoms with Gasteiger partial charge in [-0.05, 0) is 35.4 Å². The van der Waals surface area contributed by atoms with E-state index >= 15 is 0 Å². The molecule has 0 aliphatic carbocycles. The molecule has 0 aromatic heterocycles. The van der Waals surface area contributed by atoms with Crippen LogP contribution in [0.25, 0.3) is 9.69 Å². The smallest absolute Gasteiger partial charge is 0.870 e. The maximum absolute atomic E-state index is 11.6. The van der Waals surface area contributed by atoms with Crippen molar-refractivity contribution in [2.24, 2.45) is 0 Å². The average Bonchev–Trinajstić information content (AvgIpc) is 3.13. The first-order valence-corrected chi connectivity index (χ1v) is 17.5. The quantitative estimate of drug-likeness (QED) is 0.0527. The Morgan fingerprint density at radius 1 is 0.618 bits per heavy atom. The topological polar surface area (TPSA) is 165 Å². The number of rotatable bonds is 4. The second-order valence-corrected chi connectivity index (χ2v) is 13.8. The molecule has 10 nitrogen and oxygen atoms in total. The third-order valence-corrected chi connectivity index (χ3v) is 10.7. The van der Waals surface area contributed by atoms with Crippen molar-refractivity contribution >= 4 is 157 Å². The Labute approximate surface area is 391 Å². The fourth-order valence-electron chi connectivity index (χ4n) is 3.90. The van der Waals surface area contributed by atoms with Gasteiger partial charge in [-0.3, -0.25) is 0 Å². The summed E-state index contributed by atoms with van der Waals surface area (Å²) < 4.78 is 9.12. The van der Waals surface area contributed by atoms with Crippen LogP contribution in [0, 0.1) is 35.8 Å². The fraction of sp³-hybridized carbons (Fsp3) is 0.0909. The minimum Gasteiger partial charge on any atom is -0.870 e. The van der Waals surface area contributed by atoms with E-state index in [1.165, 1.54) is 38.5 Å². The summed E-state index contributed by atoms with van der Waals surface area (Å²) in [5.74, 6) is -1.09. The Morgan fingerprint density at radius 3 is 1.35 bits per heavy atom. The summed E-state index contributed by atoms with van der Waals surface area (Å²) in [5.41, 5.74) is 6.72. The molecule has 0 amide bonds. The number of hydrogen-bond acceptors (Lipinski definition) is 8. The first-order valence-electron chi connectivity index (χ1n) is 13.4. The van der Waals surface area contributed by atoms with Gasteiger partial charge in [0.2, 0.25) is 11.4 Å². The largest absolute Gasteiger partial charge is 1.00 e. The number of carbonyl (C=O) groups excluding carboxylic acids is 2. The minimum absolute atomic E-state index is 0. The van der Waals surface area contributed by atoms with Crippen LogP contribution in [0.1, 0.15) is 43.0 Å². The van der Waals surface area contributed by atoms with E-state index in [1.54, 1.807) is 6.07 Å². The molecule has 0 saturated heterocycles. The summed E-state index contributed by atoms with van der Waals surface area (Å²) in [4.78, 5) is 29.0. The molecule has 0 unspecified atom stereocenters. The van der Waals surface area contributed by atoms with E-state index in [4.69, 9.17) is 152 Å². The van der Waals surface area contributed by atoms with Gasteiger partial charge in [-0.2, -0.15) is 10.5 Å². The number of benzene rings is 4. The maximum Gasteiger partial charge on any atom is 1.00 e. The molecular formula is C33H15Cl11N5NaO5. The van der Waals surface area contributed by atoms with Crippen LogP contribution in [-0.4, -0.2) is 31.6 Å². The molecule has 0 aliphatic heterocycles. The third kappa shape index (κ3) is 12.4. The van der Waals surface area contributed by atoms with Crippen molar-refractivity contribution < 1.29 is 54.1 Å². The number of nitrogen functional groups attached to an aromatic ring is 1. The van der Waals surface area contributed by atoms with Crippen LogP contribution in [0.5, 0.6) is 0 Å². The monoisotopic (exact) mass is 969 g/mol. The number of nitrogens with zero attached hydrogens (tertiary/aromatic N) is 4. The fourth-order valence-corrected chi connectivity index (χ4v) is 6.91. The van der Waals surface area contributed by atoms with E-state index in [2.05, 4.69) is 19.2 Å². The summed E-state index contributed by atoms with van der Waals surface area (Å²) >= 11 is 65.2. The van der Waals surface area contributed by atoms with Crippen molar-refractivity contribution in [1.82, 2.24) is 0 Å². The molecule has 3 N–H and O–H groups in total. The average molecular weight is 974 g/mol. The third-order valence-electron chi connectivity index (χ3n) is 6.50. The molecule has 4 aromatic rings. The summed E-state index contributed by atoms with van der Waals surface area (Å²) in [5, 5.41) is 18.7. The summed E-state index contributed by atoms with van der Waals surface area (Å²) in [6.07, 6.45) is 0.0264. The number of nitriles is 2. The molecule has 4 rings (SSSR count). The number of nitrogens with two attached hydrogens (primary N) is 1. The van der Waals surface area contributed by atoms with Crippen molar-refractivity contribution in [3.63, 3.8) is 0 Å². The van der Waals surface area contributed by atoms with Gasteiger partial charge in [0.25, 0.3) is 0 Å². The Hall–Kier alpha value is -2.27. The van der Waals surface area contributed by atoms with Gasteiger partial charge >= 0.3 is 41.5 Å². The number of halogens is 11. The Kier molecular flexibility index (Phi) is 22.9. The van der Waals surface area contributed by atoms with Crippen molar-refractivity contribution in [2.45, 2.75) is 6.42 Å². The number of ether oxygens (including phenoxy) is 2.